The molecule has 1 aliphatic carbocycles. The third-order valence-electron chi connectivity index (χ3n) is 6.04. The molecule has 7 nitrogen and oxygen atoms in total. The smallest absolute Gasteiger partial charge is 0.246 e. The first-order chi connectivity index (χ1) is 15.5. The average Bonchev–Trinajstić information content (AvgIpc) is 3.64. The number of pyridine rings is 1. The minimum atomic E-state index is -0.162. The SMILES string of the molecule is CCCOc1nc2ccccc2cc1/C=C/C(=O)N1CCN(C(C)C(=O)NC2CC2)CC1. The summed E-state index contributed by atoms with van der Waals surface area (Å²) in [5, 5.41) is 4.08. The molecule has 2 amide bonds. The van der Waals surface area contributed by atoms with Gasteiger partial charge in [-0.15, -0.1) is 0 Å². The number of carbonyl (C=O) groups is 2. The van der Waals surface area contributed by atoms with E-state index in [1.54, 1.807) is 12.2 Å². The molecule has 2 aliphatic rings. The van der Waals surface area contributed by atoms with Crippen molar-refractivity contribution < 1.29 is 14.3 Å². The molecule has 1 atom stereocenters. The predicted molar refractivity (Wildman–Crippen MR) is 125 cm³/mol. The number of nitrogens with one attached hydrogen (secondary N) is 1. The highest BCUT2D eigenvalue weighted by molar-refractivity contribution is 5.93. The van der Waals surface area contributed by atoms with E-state index >= 15 is 0 Å². The molecule has 0 spiro atoms. The van der Waals surface area contributed by atoms with Crippen LogP contribution in [-0.4, -0.2) is 71.5 Å². The van der Waals surface area contributed by atoms with E-state index in [2.05, 4.69) is 22.1 Å². The predicted octanol–water partition coefficient (Wildman–Crippen LogP) is 2.85. The summed E-state index contributed by atoms with van der Waals surface area (Å²) >= 11 is 0. The first-order valence-electron chi connectivity index (χ1n) is 11.6. The van der Waals surface area contributed by atoms with E-state index in [1.165, 1.54) is 0 Å². The zero-order chi connectivity index (χ0) is 22.5. The molecule has 1 N–H and O–H groups in total. The van der Waals surface area contributed by atoms with E-state index in [1.807, 2.05) is 42.2 Å². The fourth-order valence-electron chi connectivity index (χ4n) is 3.86. The van der Waals surface area contributed by atoms with Crippen LogP contribution in [0, 0.1) is 0 Å². The molecule has 2 heterocycles. The number of ether oxygens (including phenoxy) is 1. The maximum atomic E-state index is 12.8. The molecule has 2 fully saturated rings. The fraction of sp³-hybridized carbons (Fsp3) is 0.480. The number of fused-ring (bicyclic) bond motifs is 1. The van der Waals surface area contributed by atoms with Crippen LogP contribution in [0.4, 0.5) is 0 Å². The van der Waals surface area contributed by atoms with Gasteiger partial charge in [-0.3, -0.25) is 14.5 Å². The van der Waals surface area contributed by atoms with Crippen LogP contribution in [0.5, 0.6) is 5.88 Å². The number of amides is 2. The zero-order valence-electron chi connectivity index (χ0n) is 18.9. The topological polar surface area (TPSA) is 74.8 Å². The number of benzene rings is 1. The maximum Gasteiger partial charge on any atom is 0.246 e. The van der Waals surface area contributed by atoms with Gasteiger partial charge in [0.25, 0.3) is 0 Å². The molecule has 170 valence electrons. The average molecular weight is 437 g/mol. The van der Waals surface area contributed by atoms with Crippen LogP contribution in [0.25, 0.3) is 17.0 Å². The van der Waals surface area contributed by atoms with Gasteiger partial charge < -0.3 is 15.0 Å². The van der Waals surface area contributed by atoms with Crippen molar-refractivity contribution in [3.8, 4) is 5.88 Å². The number of aromatic nitrogens is 1. The van der Waals surface area contributed by atoms with Crippen molar-refractivity contribution in [2.24, 2.45) is 0 Å². The molecule has 2 aromatic rings. The van der Waals surface area contributed by atoms with E-state index in [0.29, 0.717) is 44.7 Å². The highest BCUT2D eigenvalue weighted by Crippen LogP contribution is 2.24. The molecule has 0 radical (unpaired) electrons. The van der Waals surface area contributed by atoms with Gasteiger partial charge in [-0.1, -0.05) is 25.1 Å². The Hall–Kier alpha value is -2.93. The van der Waals surface area contributed by atoms with Gasteiger partial charge in [0.2, 0.25) is 17.7 Å². The Morgan fingerprint density at radius 1 is 1.22 bits per heavy atom. The Morgan fingerprint density at radius 3 is 2.69 bits per heavy atom. The van der Waals surface area contributed by atoms with Gasteiger partial charge in [-0.05, 0) is 44.4 Å². The summed E-state index contributed by atoms with van der Waals surface area (Å²) in [5.74, 6) is 0.611. The summed E-state index contributed by atoms with van der Waals surface area (Å²) in [6, 6.07) is 10.1. The number of para-hydroxylation sites is 1. The van der Waals surface area contributed by atoms with Crippen LogP contribution in [0.1, 0.15) is 38.7 Å². The van der Waals surface area contributed by atoms with Crippen LogP contribution >= 0.6 is 0 Å². The van der Waals surface area contributed by atoms with Crippen molar-refractivity contribution in [3.63, 3.8) is 0 Å². The van der Waals surface area contributed by atoms with Gasteiger partial charge in [-0.25, -0.2) is 4.98 Å². The summed E-state index contributed by atoms with van der Waals surface area (Å²) in [6.45, 7) is 7.19. The van der Waals surface area contributed by atoms with Gasteiger partial charge in [0.1, 0.15) is 0 Å². The molecule has 4 rings (SSSR count). The second kappa shape index (κ2) is 10.1. The quantitative estimate of drug-likeness (QED) is 0.644. The first-order valence-corrected chi connectivity index (χ1v) is 11.6. The lowest BCUT2D eigenvalue weighted by Gasteiger charge is -2.37. The Morgan fingerprint density at radius 2 is 1.97 bits per heavy atom. The summed E-state index contributed by atoms with van der Waals surface area (Å²) < 4.78 is 5.84. The number of piperazine rings is 1. The normalized spacial score (nSPS) is 18.1. The minimum absolute atomic E-state index is 0.0330. The molecule has 1 aromatic heterocycles. The summed E-state index contributed by atoms with van der Waals surface area (Å²) in [7, 11) is 0. The highest BCUT2D eigenvalue weighted by atomic mass is 16.5. The molecule has 7 heteroatoms. The van der Waals surface area contributed by atoms with Crippen LogP contribution in [0.3, 0.4) is 0 Å². The van der Waals surface area contributed by atoms with Crippen LogP contribution < -0.4 is 10.1 Å². The molecule has 1 unspecified atom stereocenters. The lowest BCUT2D eigenvalue weighted by atomic mass is 10.1. The first kappa shape index (κ1) is 22.3. The Balaban J connectivity index is 1.38. The van der Waals surface area contributed by atoms with E-state index < -0.39 is 0 Å². The van der Waals surface area contributed by atoms with Crippen LogP contribution in [0.2, 0.25) is 0 Å². The van der Waals surface area contributed by atoms with Crippen LogP contribution in [-0.2, 0) is 9.59 Å². The summed E-state index contributed by atoms with van der Waals surface area (Å²) in [5.41, 5.74) is 1.67. The molecule has 0 bridgehead atoms. The van der Waals surface area contributed by atoms with Crippen molar-refractivity contribution in [2.75, 3.05) is 32.8 Å². The van der Waals surface area contributed by atoms with Crippen LogP contribution in [0.15, 0.2) is 36.4 Å². The minimum Gasteiger partial charge on any atom is -0.477 e. The second-order valence-electron chi connectivity index (χ2n) is 8.58. The maximum absolute atomic E-state index is 12.8. The summed E-state index contributed by atoms with van der Waals surface area (Å²) in [4.78, 5) is 33.7. The zero-order valence-corrected chi connectivity index (χ0v) is 18.9. The summed E-state index contributed by atoms with van der Waals surface area (Å²) in [6.07, 6.45) is 6.46. The van der Waals surface area contributed by atoms with Crippen molar-refractivity contribution in [1.82, 2.24) is 20.1 Å². The number of hydrogen-bond acceptors (Lipinski definition) is 5. The van der Waals surface area contributed by atoms with Crippen molar-refractivity contribution in [1.29, 1.82) is 0 Å². The Kier molecular flexibility index (Phi) is 7.05. The van der Waals surface area contributed by atoms with Crippen molar-refractivity contribution >= 4 is 28.8 Å². The van der Waals surface area contributed by atoms with Crippen molar-refractivity contribution in [3.05, 3.63) is 42.0 Å². The number of rotatable bonds is 8. The molecule has 1 aliphatic heterocycles. The number of hydrogen-bond donors (Lipinski definition) is 1. The third-order valence-corrected chi connectivity index (χ3v) is 6.04. The molecule has 1 saturated heterocycles. The van der Waals surface area contributed by atoms with Gasteiger partial charge in [0, 0.05) is 49.2 Å². The molecule has 32 heavy (non-hydrogen) atoms. The van der Waals surface area contributed by atoms with E-state index in [0.717, 1.165) is 35.7 Å². The second-order valence-corrected chi connectivity index (χ2v) is 8.58. The highest BCUT2D eigenvalue weighted by Gasteiger charge is 2.30. The molecular formula is C25H32N4O3. The van der Waals surface area contributed by atoms with Gasteiger partial charge in [0.05, 0.1) is 18.2 Å². The van der Waals surface area contributed by atoms with Gasteiger partial charge in [0.15, 0.2) is 0 Å². The number of nitrogens with zero attached hydrogens (tertiary/aromatic N) is 3. The number of carbonyl (C=O) groups excluding carboxylic acids is 2. The molecule has 1 saturated carbocycles. The monoisotopic (exact) mass is 436 g/mol. The Labute approximate surface area is 189 Å². The Bertz CT molecular complexity index is 994. The lowest BCUT2D eigenvalue weighted by molar-refractivity contribution is -0.130. The van der Waals surface area contributed by atoms with E-state index in [9.17, 15) is 9.59 Å². The van der Waals surface area contributed by atoms with Gasteiger partial charge >= 0.3 is 0 Å². The lowest BCUT2D eigenvalue weighted by Crippen LogP contribution is -2.55. The molecule has 1 aromatic carbocycles. The van der Waals surface area contributed by atoms with E-state index in [-0.39, 0.29) is 17.9 Å². The fourth-order valence-corrected chi connectivity index (χ4v) is 3.86. The van der Waals surface area contributed by atoms with E-state index in [4.69, 9.17) is 4.74 Å². The third kappa shape index (κ3) is 5.46. The standard InChI is InChI=1S/C25H32N4O3/c1-3-16-32-25-20(17-19-6-4-5-7-22(19)27-25)8-11-23(30)29-14-12-28(13-15-29)18(2)24(31)26-21-9-10-21/h4-8,11,17-18,21H,3,9-10,12-16H2,1-2H3,(H,26,31)/b11-8+. The largest absolute Gasteiger partial charge is 0.477 e. The van der Waals surface area contributed by atoms with Crippen molar-refractivity contribution in [2.45, 2.75) is 45.2 Å². The molecular weight excluding hydrogens is 404 g/mol. The van der Waals surface area contributed by atoms with Gasteiger partial charge in [-0.2, -0.15) is 0 Å².